The number of nitrogens with zero attached hydrogens (tertiary/aromatic N) is 2. The molecule has 0 amide bonds. The van der Waals surface area contributed by atoms with Gasteiger partial charge >= 0.3 is 0 Å². The van der Waals surface area contributed by atoms with Crippen molar-refractivity contribution in [3.8, 4) is 27.9 Å². The number of para-hydroxylation sites is 1. The highest BCUT2D eigenvalue weighted by Gasteiger charge is 2.26. The Bertz CT molecular complexity index is 3620. The summed E-state index contributed by atoms with van der Waals surface area (Å²) in [5.74, 6) is 0.324. The van der Waals surface area contributed by atoms with Crippen molar-refractivity contribution >= 4 is 66.8 Å². The highest BCUT2D eigenvalue weighted by atomic mass is 15.0. The Morgan fingerprint density at radius 3 is 1.95 bits per heavy atom. The highest BCUT2D eigenvalue weighted by Crippen LogP contribution is 2.44. The third-order valence-corrected chi connectivity index (χ3v) is 13.3. The minimum absolute atomic E-state index is 0.324. The van der Waals surface area contributed by atoms with Gasteiger partial charge in [-0.25, -0.2) is 4.99 Å². The molecule has 0 N–H and O–H groups in total. The number of aromatic nitrogens is 1. The van der Waals surface area contributed by atoms with Crippen LogP contribution in [0.1, 0.15) is 28.2 Å². The van der Waals surface area contributed by atoms with Gasteiger partial charge in [-0.3, -0.25) is 0 Å². The van der Waals surface area contributed by atoms with Crippen molar-refractivity contribution in [2.45, 2.75) is 18.8 Å². The van der Waals surface area contributed by atoms with Gasteiger partial charge in [0.15, 0.2) is 0 Å². The second-order valence-corrected chi connectivity index (χ2v) is 16.7. The van der Waals surface area contributed by atoms with Crippen molar-refractivity contribution in [1.82, 2.24) is 4.57 Å². The van der Waals surface area contributed by atoms with Crippen LogP contribution in [0.3, 0.4) is 0 Å². The monoisotopic (exact) mass is 762 g/mol. The molecule has 13 rings (SSSR count). The van der Waals surface area contributed by atoms with Crippen molar-refractivity contribution in [2.75, 3.05) is 0 Å². The highest BCUT2D eigenvalue weighted by molar-refractivity contribution is 6.25. The number of benzene rings is 9. The molecule has 0 fully saturated rings. The molecule has 2 aliphatic carbocycles. The van der Waals surface area contributed by atoms with Crippen LogP contribution in [-0.2, 0) is 12.8 Å². The first-order chi connectivity index (χ1) is 29.7. The number of hydrogen-bond acceptors (Lipinski definition) is 1. The smallest absolute Gasteiger partial charge is 0.0672 e. The summed E-state index contributed by atoms with van der Waals surface area (Å²) in [7, 11) is 0. The van der Waals surface area contributed by atoms with Crippen molar-refractivity contribution in [3.63, 3.8) is 0 Å². The van der Waals surface area contributed by atoms with Crippen LogP contribution in [0.4, 0.5) is 5.69 Å². The average Bonchev–Trinajstić information content (AvgIpc) is 3.39. The van der Waals surface area contributed by atoms with Crippen LogP contribution in [0.25, 0.3) is 83.3 Å². The van der Waals surface area contributed by atoms with Crippen LogP contribution in [0.5, 0.6) is 0 Å². The van der Waals surface area contributed by atoms with Gasteiger partial charge in [0.2, 0.25) is 0 Å². The summed E-state index contributed by atoms with van der Waals surface area (Å²) >= 11 is 0. The van der Waals surface area contributed by atoms with Gasteiger partial charge in [0.05, 0.1) is 22.3 Å². The van der Waals surface area contributed by atoms with Crippen molar-refractivity contribution in [1.29, 1.82) is 0 Å². The van der Waals surface area contributed by atoms with Gasteiger partial charge in [-0.15, -0.1) is 0 Å². The minimum atomic E-state index is 0.324. The fourth-order valence-electron chi connectivity index (χ4n) is 10.6. The predicted octanol–water partition coefficient (Wildman–Crippen LogP) is 12.9. The third kappa shape index (κ3) is 5.11. The number of aliphatic imine (C=N–C) groups is 1. The SMILES string of the molecule is C1=C2C=c3c(n(-c4ccc5c6ccccc6c6ccccc6c5c4)c4ccc(-c5ccc6c(c5)-c5ccccc5CC6c5ccccc5)cc34)=CC1=Nc1ccccc1C2. The molecule has 2 heterocycles. The van der Waals surface area contributed by atoms with Gasteiger partial charge in [-0.2, -0.15) is 0 Å². The number of allylic oxidation sites excluding steroid dienone is 2. The summed E-state index contributed by atoms with van der Waals surface area (Å²) in [5, 5.41) is 11.3. The van der Waals surface area contributed by atoms with E-state index in [1.54, 1.807) is 0 Å². The van der Waals surface area contributed by atoms with Gasteiger partial charge in [0.1, 0.15) is 0 Å². The molecule has 0 saturated carbocycles. The standard InChI is InChI=1S/C58H38N2/c1-2-12-37(13-3-1)51-33-40-14-4-6-16-44(40)52-31-38(22-25-50(51)52)39-23-27-57-55(32-39)54-30-36-28-41-15-5-11-21-56(41)59-42(29-36)34-58(54)60(57)43-24-26-49-47-19-8-7-17-45(47)46-18-9-10-20-48(46)53(49)35-43/h1-27,29-32,34-35,51H,28,33H2. The second kappa shape index (κ2) is 13.0. The van der Waals surface area contributed by atoms with Crippen LogP contribution in [0.2, 0.25) is 0 Å². The molecular weight excluding hydrogens is 725 g/mol. The van der Waals surface area contributed by atoms with Gasteiger partial charge < -0.3 is 4.57 Å². The zero-order valence-corrected chi connectivity index (χ0v) is 32.9. The van der Waals surface area contributed by atoms with Crippen LogP contribution in [-0.4, -0.2) is 10.3 Å². The third-order valence-electron chi connectivity index (χ3n) is 13.3. The number of fused-ring (bicyclic) bond motifs is 14. The minimum Gasteiger partial charge on any atom is -0.309 e. The molecule has 60 heavy (non-hydrogen) atoms. The first kappa shape index (κ1) is 33.4. The number of hydrogen-bond donors (Lipinski definition) is 0. The normalized spacial score (nSPS) is 15.2. The van der Waals surface area contributed by atoms with Crippen LogP contribution in [0, 0.1) is 0 Å². The van der Waals surface area contributed by atoms with Crippen LogP contribution >= 0.6 is 0 Å². The van der Waals surface area contributed by atoms with Crippen molar-refractivity contribution < 1.29 is 0 Å². The Balaban J connectivity index is 1.05. The van der Waals surface area contributed by atoms with E-state index in [-0.39, 0.29) is 0 Å². The molecule has 2 heteroatoms. The lowest BCUT2D eigenvalue weighted by Crippen LogP contribution is -2.29. The van der Waals surface area contributed by atoms with Crippen LogP contribution < -0.4 is 10.6 Å². The quantitative estimate of drug-likeness (QED) is 0.160. The Morgan fingerprint density at radius 1 is 0.467 bits per heavy atom. The molecule has 2 nitrogen and oxygen atoms in total. The van der Waals surface area contributed by atoms with E-state index >= 15 is 0 Å². The Kier molecular flexibility index (Phi) is 7.23. The molecule has 3 aliphatic rings. The first-order valence-electron chi connectivity index (χ1n) is 21.1. The summed E-state index contributed by atoms with van der Waals surface area (Å²) in [6.07, 6.45) is 8.87. The molecule has 2 bridgehead atoms. The van der Waals surface area contributed by atoms with Gasteiger partial charge in [0.25, 0.3) is 0 Å². The fraction of sp³-hybridized carbons (Fsp3) is 0.0517. The Labute approximate surface area is 348 Å². The van der Waals surface area contributed by atoms with E-state index in [9.17, 15) is 0 Å². The van der Waals surface area contributed by atoms with E-state index in [0.717, 1.165) is 35.3 Å². The summed E-state index contributed by atoms with van der Waals surface area (Å²) in [4.78, 5) is 5.25. The fourth-order valence-corrected chi connectivity index (χ4v) is 10.6. The molecule has 1 aromatic heterocycles. The molecule has 0 radical (unpaired) electrons. The summed E-state index contributed by atoms with van der Waals surface area (Å²) in [6.45, 7) is 0. The Hall–Kier alpha value is -7.55. The average molecular weight is 763 g/mol. The molecule has 280 valence electrons. The molecule has 10 aromatic rings. The lowest BCUT2D eigenvalue weighted by atomic mass is 9.75. The zero-order chi connectivity index (χ0) is 39.3. The maximum Gasteiger partial charge on any atom is 0.0672 e. The second-order valence-electron chi connectivity index (χ2n) is 16.7. The molecule has 9 aromatic carbocycles. The van der Waals surface area contributed by atoms with Gasteiger partial charge in [-0.05, 0) is 150 Å². The topological polar surface area (TPSA) is 17.3 Å². The lowest BCUT2D eigenvalue weighted by Gasteiger charge is -2.29. The van der Waals surface area contributed by atoms with E-state index < -0.39 is 0 Å². The molecular formula is C58H38N2. The summed E-state index contributed by atoms with van der Waals surface area (Å²) in [6, 6.07) is 67.6. The number of rotatable bonds is 3. The van der Waals surface area contributed by atoms with E-state index in [2.05, 4.69) is 205 Å². The van der Waals surface area contributed by atoms with E-state index in [0.29, 0.717) is 5.92 Å². The summed E-state index contributed by atoms with van der Waals surface area (Å²) in [5.41, 5.74) is 16.2. The van der Waals surface area contributed by atoms with Crippen LogP contribution in [0.15, 0.2) is 199 Å². The van der Waals surface area contributed by atoms with E-state index in [4.69, 9.17) is 4.99 Å². The predicted molar refractivity (Wildman–Crippen MR) is 252 cm³/mol. The largest absolute Gasteiger partial charge is 0.309 e. The van der Waals surface area contributed by atoms with Crippen molar-refractivity contribution in [2.24, 2.45) is 4.99 Å². The van der Waals surface area contributed by atoms with Gasteiger partial charge in [0, 0.05) is 22.2 Å². The lowest BCUT2D eigenvalue weighted by molar-refractivity contribution is 0.794. The molecule has 1 aliphatic heterocycles. The maximum absolute atomic E-state index is 5.25. The summed E-state index contributed by atoms with van der Waals surface area (Å²) < 4.78 is 2.47. The van der Waals surface area contributed by atoms with Crippen molar-refractivity contribution in [3.05, 3.63) is 226 Å². The molecule has 1 atom stereocenters. The Morgan fingerprint density at radius 2 is 1.13 bits per heavy atom. The zero-order valence-electron chi connectivity index (χ0n) is 32.9. The molecule has 0 spiro atoms. The van der Waals surface area contributed by atoms with E-state index in [1.165, 1.54) is 98.5 Å². The van der Waals surface area contributed by atoms with E-state index in [1.807, 2.05) is 0 Å². The van der Waals surface area contributed by atoms with Gasteiger partial charge in [-0.1, -0.05) is 146 Å². The molecule has 1 unspecified atom stereocenters. The maximum atomic E-state index is 5.25. The molecule has 0 saturated heterocycles. The first-order valence-corrected chi connectivity index (χ1v) is 21.1.